The van der Waals surface area contributed by atoms with E-state index in [1.54, 1.807) is 18.3 Å². The van der Waals surface area contributed by atoms with Crippen LogP contribution in [0.25, 0.3) is 0 Å². The van der Waals surface area contributed by atoms with Crippen molar-refractivity contribution in [3.05, 3.63) is 66.0 Å². The van der Waals surface area contributed by atoms with Gasteiger partial charge >= 0.3 is 0 Å². The zero-order valence-electron chi connectivity index (χ0n) is 15.8. The van der Waals surface area contributed by atoms with Crippen LogP contribution in [0.15, 0.2) is 60.0 Å². The van der Waals surface area contributed by atoms with E-state index in [0.29, 0.717) is 29.3 Å². The molecule has 148 valence electrons. The maximum absolute atomic E-state index is 12.5. The van der Waals surface area contributed by atoms with Crippen molar-refractivity contribution >= 4 is 29.1 Å². The first-order valence-corrected chi connectivity index (χ1v) is 10.0. The van der Waals surface area contributed by atoms with E-state index in [1.807, 2.05) is 41.1 Å². The zero-order valence-corrected chi connectivity index (χ0v) is 16.6. The van der Waals surface area contributed by atoms with Gasteiger partial charge in [-0.3, -0.25) is 9.59 Å². The van der Waals surface area contributed by atoms with Crippen LogP contribution in [-0.4, -0.2) is 33.8 Å². The summed E-state index contributed by atoms with van der Waals surface area (Å²) in [6.07, 6.45) is 3.60. The lowest BCUT2D eigenvalue weighted by molar-refractivity contribution is -0.113. The predicted octanol–water partition coefficient (Wildman–Crippen LogP) is 3.59. The van der Waals surface area contributed by atoms with Gasteiger partial charge in [0.1, 0.15) is 0 Å². The average Bonchev–Trinajstić information content (AvgIpc) is 3.35. The van der Waals surface area contributed by atoms with E-state index >= 15 is 0 Å². The number of thioether (sulfide) groups is 1. The molecule has 1 aromatic heterocycles. The summed E-state index contributed by atoms with van der Waals surface area (Å²) in [4.78, 5) is 28.8. The molecule has 7 nitrogen and oxygen atoms in total. The van der Waals surface area contributed by atoms with Gasteiger partial charge in [0.05, 0.1) is 11.4 Å². The van der Waals surface area contributed by atoms with Gasteiger partial charge in [-0.25, -0.2) is 4.98 Å². The van der Waals surface area contributed by atoms with E-state index in [-0.39, 0.29) is 24.2 Å². The van der Waals surface area contributed by atoms with Crippen molar-refractivity contribution in [2.24, 2.45) is 0 Å². The number of nitrogens with one attached hydrogen (secondary N) is 1. The van der Waals surface area contributed by atoms with Crippen molar-refractivity contribution < 1.29 is 19.1 Å². The summed E-state index contributed by atoms with van der Waals surface area (Å²) in [5.41, 5.74) is 1.96. The molecule has 1 aliphatic heterocycles. The molecule has 1 N–H and O–H groups in total. The van der Waals surface area contributed by atoms with Gasteiger partial charge in [-0.15, -0.1) is 0 Å². The molecule has 0 aliphatic carbocycles. The van der Waals surface area contributed by atoms with E-state index in [0.717, 1.165) is 10.7 Å². The van der Waals surface area contributed by atoms with Crippen LogP contribution in [0.5, 0.6) is 11.5 Å². The number of anilines is 1. The topological polar surface area (TPSA) is 82.5 Å². The first-order valence-electron chi connectivity index (χ1n) is 9.02. The Bertz CT molecular complexity index is 1050. The number of hydrogen-bond donors (Lipinski definition) is 1. The number of carbonyl (C=O) groups excluding carboxylic acids is 2. The number of amides is 1. The summed E-state index contributed by atoms with van der Waals surface area (Å²) in [7, 11) is 0. The van der Waals surface area contributed by atoms with Gasteiger partial charge in [-0.05, 0) is 18.6 Å². The summed E-state index contributed by atoms with van der Waals surface area (Å²) < 4.78 is 12.6. The number of fused-ring (bicyclic) bond motifs is 1. The quantitative estimate of drug-likeness (QED) is 0.474. The van der Waals surface area contributed by atoms with Crippen molar-refractivity contribution in [1.29, 1.82) is 0 Å². The first kappa shape index (κ1) is 19.1. The highest BCUT2D eigenvalue weighted by atomic mass is 32.2. The zero-order chi connectivity index (χ0) is 20.2. The number of ketones is 1. The minimum Gasteiger partial charge on any atom is -0.454 e. The van der Waals surface area contributed by atoms with E-state index in [2.05, 4.69) is 10.3 Å². The number of benzene rings is 2. The summed E-state index contributed by atoms with van der Waals surface area (Å²) in [6.45, 7) is 2.23. The number of ether oxygens (including phenoxy) is 2. The van der Waals surface area contributed by atoms with Crippen LogP contribution in [0.4, 0.5) is 5.69 Å². The second-order valence-electron chi connectivity index (χ2n) is 6.47. The van der Waals surface area contributed by atoms with E-state index in [9.17, 15) is 9.59 Å². The molecule has 0 radical (unpaired) electrons. The normalized spacial score (nSPS) is 12.0. The molecule has 0 saturated carbocycles. The molecule has 4 rings (SSSR count). The Morgan fingerprint density at radius 3 is 2.69 bits per heavy atom. The Labute approximate surface area is 172 Å². The number of Topliss-reactive ketones (excluding diaryl/α,β-unsaturated/α-hetero) is 1. The van der Waals surface area contributed by atoms with Crippen molar-refractivity contribution in [3.8, 4) is 11.5 Å². The van der Waals surface area contributed by atoms with Crippen LogP contribution < -0.4 is 14.8 Å². The lowest BCUT2D eigenvalue weighted by atomic mass is 10.1. The molecule has 0 fully saturated rings. The Morgan fingerprint density at radius 2 is 1.93 bits per heavy atom. The molecule has 29 heavy (non-hydrogen) atoms. The van der Waals surface area contributed by atoms with Gasteiger partial charge in [0, 0.05) is 30.6 Å². The summed E-state index contributed by atoms with van der Waals surface area (Å²) in [5, 5.41) is 3.55. The Kier molecular flexibility index (Phi) is 5.53. The van der Waals surface area contributed by atoms with Gasteiger partial charge < -0.3 is 19.4 Å². The molecule has 0 saturated heterocycles. The maximum Gasteiger partial charge on any atom is 0.234 e. The number of nitrogens with zero attached hydrogens (tertiary/aromatic N) is 2. The van der Waals surface area contributed by atoms with Crippen LogP contribution in [0.3, 0.4) is 0 Å². The molecule has 1 aliphatic rings. The van der Waals surface area contributed by atoms with Gasteiger partial charge in [0.2, 0.25) is 12.7 Å². The summed E-state index contributed by atoms with van der Waals surface area (Å²) >= 11 is 1.34. The smallest absolute Gasteiger partial charge is 0.234 e. The van der Waals surface area contributed by atoms with Gasteiger partial charge in [0.25, 0.3) is 0 Å². The standard InChI is InChI=1S/C21H19N3O4S/c1-14(25)16-9-18-19(28-13-27-18)10-17(16)23-20(26)12-29-21-22-7-8-24(21)11-15-5-3-2-4-6-15/h2-10H,11-13H2,1H3,(H,23,26). The number of hydrogen-bond acceptors (Lipinski definition) is 6. The van der Waals surface area contributed by atoms with Crippen molar-refractivity contribution in [2.75, 3.05) is 17.9 Å². The predicted molar refractivity (Wildman–Crippen MR) is 110 cm³/mol. The van der Waals surface area contributed by atoms with E-state index in [4.69, 9.17) is 9.47 Å². The lowest BCUT2D eigenvalue weighted by Crippen LogP contribution is -2.16. The second kappa shape index (κ2) is 8.40. The molecule has 0 bridgehead atoms. The third-order valence-corrected chi connectivity index (χ3v) is 5.38. The molecular formula is C21H19N3O4S. The Balaban J connectivity index is 1.42. The first-order chi connectivity index (χ1) is 14.1. The van der Waals surface area contributed by atoms with Gasteiger partial charge in [0.15, 0.2) is 22.4 Å². The fraction of sp³-hybridized carbons (Fsp3) is 0.190. The van der Waals surface area contributed by atoms with Crippen LogP contribution in [0.2, 0.25) is 0 Å². The van der Waals surface area contributed by atoms with Crippen LogP contribution in [0, 0.1) is 0 Å². The summed E-state index contributed by atoms with van der Waals surface area (Å²) in [6, 6.07) is 13.3. The monoisotopic (exact) mass is 409 g/mol. The molecule has 2 aromatic carbocycles. The SMILES string of the molecule is CC(=O)c1cc2c(cc1NC(=O)CSc1nccn1Cc1ccccc1)OCO2. The number of aromatic nitrogens is 2. The summed E-state index contributed by atoms with van der Waals surface area (Å²) in [5.74, 6) is 0.787. The van der Waals surface area contributed by atoms with E-state index in [1.165, 1.54) is 18.7 Å². The van der Waals surface area contributed by atoms with Crippen LogP contribution in [-0.2, 0) is 11.3 Å². The third-order valence-electron chi connectivity index (χ3n) is 4.37. The molecule has 0 atom stereocenters. The Morgan fingerprint density at radius 1 is 1.17 bits per heavy atom. The molecule has 3 aromatic rings. The minimum atomic E-state index is -0.231. The fourth-order valence-corrected chi connectivity index (χ4v) is 3.75. The van der Waals surface area contributed by atoms with Crippen LogP contribution >= 0.6 is 11.8 Å². The van der Waals surface area contributed by atoms with Crippen LogP contribution in [0.1, 0.15) is 22.8 Å². The van der Waals surface area contributed by atoms with Crippen molar-refractivity contribution in [3.63, 3.8) is 0 Å². The third kappa shape index (κ3) is 4.43. The Hall–Kier alpha value is -3.26. The maximum atomic E-state index is 12.5. The molecular weight excluding hydrogens is 390 g/mol. The minimum absolute atomic E-state index is 0.101. The largest absolute Gasteiger partial charge is 0.454 e. The number of carbonyl (C=O) groups is 2. The highest BCUT2D eigenvalue weighted by Gasteiger charge is 2.20. The number of imidazole rings is 1. The van der Waals surface area contributed by atoms with Gasteiger partial charge in [-0.2, -0.15) is 0 Å². The molecule has 1 amide bonds. The van der Waals surface area contributed by atoms with E-state index < -0.39 is 0 Å². The lowest BCUT2D eigenvalue weighted by Gasteiger charge is -2.11. The number of rotatable bonds is 7. The average molecular weight is 409 g/mol. The fourth-order valence-electron chi connectivity index (χ4n) is 2.99. The molecule has 2 heterocycles. The molecule has 8 heteroatoms. The molecule has 0 unspecified atom stereocenters. The highest BCUT2D eigenvalue weighted by molar-refractivity contribution is 7.99. The second-order valence-corrected chi connectivity index (χ2v) is 7.41. The van der Waals surface area contributed by atoms with Gasteiger partial charge in [-0.1, -0.05) is 42.1 Å². The highest BCUT2D eigenvalue weighted by Crippen LogP contribution is 2.37. The van der Waals surface area contributed by atoms with Crippen molar-refractivity contribution in [2.45, 2.75) is 18.6 Å². The molecule has 0 spiro atoms. The van der Waals surface area contributed by atoms with Crippen molar-refractivity contribution in [1.82, 2.24) is 9.55 Å².